The average Bonchev–Trinajstić information content (AvgIpc) is 2.77. The summed E-state index contributed by atoms with van der Waals surface area (Å²) in [5, 5.41) is 21.7. The predicted octanol–water partition coefficient (Wildman–Crippen LogP) is 1.78. The number of aliphatic hydroxyl groups excluding tert-OH is 2. The second-order valence-electron chi connectivity index (χ2n) is 6.24. The quantitative estimate of drug-likeness (QED) is 0.398. The van der Waals surface area contributed by atoms with E-state index >= 15 is 0 Å². The molecule has 0 radical (unpaired) electrons. The van der Waals surface area contributed by atoms with Gasteiger partial charge in [0.1, 0.15) is 38.6 Å². The highest BCUT2D eigenvalue weighted by Crippen LogP contribution is 2.33. The lowest BCUT2D eigenvalue weighted by molar-refractivity contribution is -0.142. The summed E-state index contributed by atoms with van der Waals surface area (Å²) < 4.78 is 20.9. The van der Waals surface area contributed by atoms with Crippen LogP contribution in [0.3, 0.4) is 0 Å². The van der Waals surface area contributed by atoms with Crippen molar-refractivity contribution in [1.82, 2.24) is 0 Å². The van der Waals surface area contributed by atoms with Crippen molar-refractivity contribution in [3.05, 3.63) is 61.7 Å². The summed E-state index contributed by atoms with van der Waals surface area (Å²) in [7, 11) is 0. The largest absolute Gasteiger partial charge is 0.487 e. The summed E-state index contributed by atoms with van der Waals surface area (Å²) in [5.74, 6) is -0.624. The summed E-state index contributed by atoms with van der Waals surface area (Å²) >= 11 is 0. The van der Waals surface area contributed by atoms with Crippen molar-refractivity contribution < 1.29 is 38.7 Å². The molecule has 8 heteroatoms. The zero-order chi connectivity index (χ0) is 21.9. The molecule has 0 fully saturated rings. The number of carbonyl (C=O) groups excluding carboxylic acids is 2. The van der Waals surface area contributed by atoms with Crippen molar-refractivity contribution in [2.75, 3.05) is 26.4 Å². The monoisotopic (exact) mass is 416 g/mol. The van der Waals surface area contributed by atoms with Gasteiger partial charge >= 0.3 is 11.9 Å². The highest BCUT2D eigenvalue weighted by Gasteiger charge is 2.14. The second kappa shape index (κ2) is 11.6. The molecular weight excluding hydrogens is 392 g/mol. The van der Waals surface area contributed by atoms with Crippen molar-refractivity contribution >= 4 is 22.7 Å². The highest BCUT2D eigenvalue weighted by molar-refractivity contribution is 5.86. The molecule has 0 amide bonds. The van der Waals surface area contributed by atoms with Crippen molar-refractivity contribution in [2.24, 2.45) is 0 Å². The Bertz CT molecular complexity index is 819. The predicted molar refractivity (Wildman–Crippen MR) is 109 cm³/mol. The smallest absolute Gasteiger partial charge is 0.330 e. The van der Waals surface area contributed by atoms with Crippen molar-refractivity contribution in [3.63, 3.8) is 0 Å². The Labute approximate surface area is 173 Å². The number of rotatable bonds is 12. The molecule has 160 valence electrons. The van der Waals surface area contributed by atoms with E-state index in [9.17, 15) is 19.8 Å². The van der Waals surface area contributed by atoms with E-state index in [1.807, 2.05) is 24.3 Å². The lowest BCUT2D eigenvalue weighted by Gasteiger charge is -2.18. The third kappa shape index (κ3) is 7.23. The van der Waals surface area contributed by atoms with E-state index in [0.717, 1.165) is 22.9 Å². The number of benzene rings is 2. The first kappa shape index (κ1) is 22.9. The molecule has 0 aromatic heterocycles. The zero-order valence-electron chi connectivity index (χ0n) is 16.4. The highest BCUT2D eigenvalue weighted by atomic mass is 16.6. The minimum atomic E-state index is -1.06. The summed E-state index contributed by atoms with van der Waals surface area (Å²) in [6.45, 7) is 5.75. The molecule has 30 heavy (non-hydrogen) atoms. The Morgan fingerprint density at radius 1 is 0.800 bits per heavy atom. The van der Waals surface area contributed by atoms with Gasteiger partial charge in [0.25, 0.3) is 0 Å². The topological polar surface area (TPSA) is 112 Å². The molecule has 0 aliphatic carbocycles. The van der Waals surface area contributed by atoms with Crippen molar-refractivity contribution in [1.29, 1.82) is 0 Å². The van der Waals surface area contributed by atoms with Gasteiger partial charge in [-0.1, -0.05) is 37.4 Å². The molecule has 0 heterocycles. The fourth-order valence-corrected chi connectivity index (χ4v) is 2.37. The number of carbonyl (C=O) groups is 2. The summed E-state index contributed by atoms with van der Waals surface area (Å²) in [6, 6.07) is 11.0. The Hall–Kier alpha value is -3.36. The maximum atomic E-state index is 11.1. The van der Waals surface area contributed by atoms with Crippen LogP contribution >= 0.6 is 0 Å². The first-order valence-electron chi connectivity index (χ1n) is 9.15. The minimum absolute atomic E-state index is 0.154. The van der Waals surface area contributed by atoms with E-state index in [1.54, 1.807) is 12.1 Å². The molecule has 2 atom stereocenters. The van der Waals surface area contributed by atoms with Gasteiger partial charge in [0.2, 0.25) is 0 Å². The average molecular weight is 416 g/mol. The first-order valence-corrected chi connectivity index (χ1v) is 9.15. The molecular formula is C22H24O8. The van der Waals surface area contributed by atoms with Crippen molar-refractivity contribution in [2.45, 2.75) is 12.2 Å². The first-order chi connectivity index (χ1) is 14.4. The number of hydrogen-bond acceptors (Lipinski definition) is 8. The third-order valence-electron chi connectivity index (χ3n) is 3.84. The molecule has 0 spiro atoms. The molecule has 2 aromatic carbocycles. The minimum Gasteiger partial charge on any atom is -0.487 e. The van der Waals surface area contributed by atoms with E-state index in [1.165, 1.54) is 0 Å². The summed E-state index contributed by atoms with van der Waals surface area (Å²) in [4.78, 5) is 22.2. The van der Waals surface area contributed by atoms with Crippen LogP contribution in [0.25, 0.3) is 10.8 Å². The van der Waals surface area contributed by atoms with E-state index in [2.05, 4.69) is 13.2 Å². The molecule has 2 aromatic rings. The molecule has 2 unspecified atom stereocenters. The SMILES string of the molecule is C=CC(=O)OCC(O)COc1cc2ccccc2cc1OCC(O)COC(=O)C=C. The lowest BCUT2D eigenvalue weighted by atomic mass is 10.1. The maximum Gasteiger partial charge on any atom is 0.330 e. The second-order valence-corrected chi connectivity index (χ2v) is 6.24. The van der Waals surface area contributed by atoms with Gasteiger partial charge in [-0.05, 0) is 22.9 Å². The molecule has 0 aliphatic rings. The Balaban J connectivity index is 2.04. The molecule has 0 aliphatic heterocycles. The number of fused-ring (bicyclic) bond motifs is 1. The number of esters is 2. The van der Waals surface area contributed by atoms with Gasteiger partial charge in [-0.2, -0.15) is 0 Å². The Morgan fingerprint density at radius 3 is 1.57 bits per heavy atom. The normalized spacial score (nSPS) is 12.5. The van der Waals surface area contributed by atoms with Crippen LogP contribution in [0.4, 0.5) is 0 Å². The summed E-state index contributed by atoms with van der Waals surface area (Å²) in [5.41, 5.74) is 0. The van der Waals surface area contributed by atoms with Gasteiger partial charge in [-0.25, -0.2) is 9.59 Å². The third-order valence-corrected chi connectivity index (χ3v) is 3.84. The molecule has 2 rings (SSSR count). The van der Waals surface area contributed by atoms with Crippen LogP contribution in [-0.2, 0) is 19.1 Å². The van der Waals surface area contributed by atoms with E-state index in [4.69, 9.17) is 18.9 Å². The van der Waals surface area contributed by atoms with Crippen LogP contribution in [-0.4, -0.2) is 60.8 Å². The van der Waals surface area contributed by atoms with Gasteiger partial charge in [-0.15, -0.1) is 0 Å². The molecule has 8 nitrogen and oxygen atoms in total. The molecule has 0 saturated carbocycles. The van der Waals surface area contributed by atoms with Gasteiger partial charge in [0.05, 0.1) is 0 Å². The van der Waals surface area contributed by atoms with E-state index < -0.39 is 24.1 Å². The van der Waals surface area contributed by atoms with Crippen LogP contribution in [0.15, 0.2) is 61.7 Å². The van der Waals surface area contributed by atoms with Crippen LogP contribution in [0.2, 0.25) is 0 Å². The van der Waals surface area contributed by atoms with Crippen LogP contribution in [0, 0.1) is 0 Å². The maximum absolute atomic E-state index is 11.1. The molecule has 0 saturated heterocycles. The standard InChI is InChI=1S/C22H24O8/c1-3-21(25)29-13-17(23)11-27-19-9-15-7-5-6-8-16(15)10-20(19)28-12-18(24)14-30-22(26)4-2/h3-10,17-18,23-24H,1-2,11-14H2. The van der Waals surface area contributed by atoms with Crippen LogP contribution < -0.4 is 9.47 Å². The van der Waals surface area contributed by atoms with Gasteiger partial charge in [-0.3, -0.25) is 0 Å². The Morgan fingerprint density at radius 2 is 1.20 bits per heavy atom. The van der Waals surface area contributed by atoms with E-state index in [-0.39, 0.29) is 26.4 Å². The van der Waals surface area contributed by atoms with E-state index in [0.29, 0.717) is 11.5 Å². The number of hydrogen-bond donors (Lipinski definition) is 2. The number of ether oxygens (including phenoxy) is 4. The summed E-state index contributed by atoms with van der Waals surface area (Å²) in [6.07, 6.45) is -0.115. The molecule has 0 bridgehead atoms. The fourth-order valence-electron chi connectivity index (χ4n) is 2.37. The fraction of sp³-hybridized carbons (Fsp3) is 0.273. The Kier molecular flexibility index (Phi) is 8.86. The number of aliphatic hydroxyl groups is 2. The van der Waals surface area contributed by atoms with Crippen LogP contribution in [0.5, 0.6) is 11.5 Å². The zero-order valence-corrected chi connectivity index (χ0v) is 16.4. The van der Waals surface area contributed by atoms with Crippen LogP contribution in [0.1, 0.15) is 0 Å². The van der Waals surface area contributed by atoms with Gasteiger partial charge in [0, 0.05) is 12.2 Å². The molecule has 2 N–H and O–H groups in total. The van der Waals surface area contributed by atoms with Gasteiger partial charge in [0.15, 0.2) is 11.5 Å². The van der Waals surface area contributed by atoms with Gasteiger partial charge < -0.3 is 29.2 Å². The lowest BCUT2D eigenvalue weighted by Crippen LogP contribution is -2.26. The van der Waals surface area contributed by atoms with Crippen molar-refractivity contribution in [3.8, 4) is 11.5 Å².